The Morgan fingerprint density at radius 1 is 0.571 bits per heavy atom. The normalized spacial score (nSPS) is 14.5. The molecule has 0 spiro atoms. The highest BCUT2D eigenvalue weighted by molar-refractivity contribution is 7.47. The molecule has 0 aliphatic heterocycles. The van der Waals surface area contributed by atoms with Gasteiger partial charge in [0.1, 0.15) is 19.3 Å². The second-order valence-corrected chi connectivity index (χ2v) is 17.2. The molecule has 0 aromatic heterocycles. The maximum Gasteiger partial charge on any atom is 0.472 e. The SMILES string of the molecule is CC/C=C\C/C=C\C/C=C\C/C=C\C/C=C\C/C=C\CCCCC(=O)OC(COCCCCCCCCCCCCCCC)COP(=O)(O)OCC[N+](C)(C)C. The predicted octanol–water partition coefficient (Wildman–Crippen LogP) is 13.1. The summed E-state index contributed by atoms with van der Waals surface area (Å²) in [5, 5.41) is 0. The zero-order valence-corrected chi connectivity index (χ0v) is 37.5. The van der Waals surface area contributed by atoms with Crippen molar-refractivity contribution in [2.75, 3.05) is 54.1 Å². The van der Waals surface area contributed by atoms with Crippen molar-refractivity contribution < 1.29 is 37.3 Å². The fourth-order valence-corrected chi connectivity index (χ4v) is 6.35. The summed E-state index contributed by atoms with van der Waals surface area (Å²) in [6.45, 7) is 5.44. The smallest absolute Gasteiger partial charge is 0.457 e. The van der Waals surface area contributed by atoms with Gasteiger partial charge in [-0.05, 0) is 64.2 Å². The molecule has 324 valence electrons. The molecule has 0 amide bonds. The summed E-state index contributed by atoms with van der Waals surface area (Å²) in [7, 11) is 1.63. The van der Waals surface area contributed by atoms with Gasteiger partial charge in [-0.25, -0.2) is 4.57 Å². The molecule has 0 saturated heterocycles. The van der Waals surface area contributed by atoms with Gasteiger partial charge < -0.3 is 18.9 Å². The number of nitrogens with zero attached hydrogens (tertiary/aromatic N) is 1. The first-order valence-corrected chi connectivity index (χ1v) is 23.7. The van der Waals surface area contributed by atoms with Crippen LogP contribution in [0, 0.1) is 0 Å². The van der Waals surface area contributed by atoms with Crippen LogP contribution in [-0.2, 0) is 27.9 Å². The predicted molar refractivity (Wildman–Crippen MR) is 238 cm³/mol. The lowest BCUT2D eigenvalue weighted by molar-refractivity contribution is -0.870. The molecular weight excluding hydrogens is 721 g/mol. The number of phosphoric acid groups is 1. The largest absolute Gasteiger partial charge is 0.472 e. The van der Waals surface area contributed by atoms with Crippen molar-refractivity contribution in [3.05, 3.63) is 72.9 Å². The fraction of sp³-hybridized carbons (Fsp3) is 0.723. The minimum Gasteiger partial charge on any atom is -0.457 e. The van der Waals surface area contributed by atoms with E-state index in [-0.39, 0.29) is 32.2 Å². The van der Waals surface area contributed by atoms with Gasteiger partial charge in [-0.3, -0.25) is 13.8 Å². The zero-order valence-electron chi connectivity index (χ0n) is 36.6. The van der Waals surface area contributed by atoms with E-state index in [9.17, 15) is 14.3 Å². The van der Waals surface area contributed by atoms with Crippen molar-refractivity contribution in [2.45, 2.75) is 168 Å². The van der Waals surface area contributed by atoms with E-state index in [0.717, 1.165) is 64.2 Å². The molecule has 0 aliphatic rings. The van der Waals surface area contributed by atoms with Crippen LogP contribution in [0.15, 0.2) is 72.9 Å². The van der Waals surface area contributed by atoms with Crippen molar-refractivity contribution in [2.24, 2.45) is 0 Å². The number of ether oxygens (including phenoxy) is 2. The molecule has 0 saturated carbocycles. The summed E-state index contributed by atoms with van der Waals surface area (Å²) < 4.78 is 34.9. The molecule has 0 heterocycles. The highest BCUT2D eigenvalue weighted by Gasteiger charge is 2.26. The number of phosphoric ester groups is 1. The molecule has 1 N–H and O–H groups in total. The van der Waals surface area contributed by atoms with Crippen LogP contribution in [0.1, 0.15) is 162 Å². The van der Waals surface area contributed by atoms with Gasteiger partial charge in [0.15, 0.2) is 0 Å². The summed E-state index contributed by atoms with van der Waals surface area (Å²) in [5.41, 5.74) is 0. The highest BCUT2D eigenvalue weighted by atomic mass is 31.2. The van der Waals surface area contributed by atoms with E-state index in [2.05, 4.69) is 86.8 Å². The maximum absolute atomic E-state index is 12.7. The second-order valence-electron chi connectivity index (χ2n) is 15.7. The first-order chi connectivity index (χ1) is 27.1. The Labute approximate surface area is 344 Å². The van der Waals surface area contributed by atoms with Crippen molar-refractivity contribution in [3.8, 4) is 0 Å². The lowest BCUT2D eigenvalue weighted by Gasteiger charge is -2.24. The summed E-state index contributed by atoms with van der Waals surface area (Å²) in [5.74, 6) is -0.357. The molecule has 2 unspecified atom stereocenters. The molecule has 0 fully saturated rings. The van der Waals surface area contributed by atoms with Gasteiger partial charge in [-0.2, -0.15) is 0 Å². The van der Waals surface area contributed by atoms with E-state index < -0.39 is 13.9 Å². The standard InChI is InChI=1S/C47H84NO7P/c1-6-8-10-12-14-16-18-20-21-22-23-24-25-26-27-28-30-32-34-36-38-40-47(49)55-46(45-54-56(50,51)53-43-41-48(3,4)5)44-52-42-39-37-35-33-31-29-19-17-15-13-11-9-7-2/h8,10,14,16,20-21,23-24,26-27,30,32,46H,6-7,9,11-13,15,17-19,22,25,28-29,31,33-45H2,1-5H3/p+1/b10-8-,16-14-,21-20-,24-23-,27-26-,32-30-. The maximum atomic E-state index is 12.7. The van der Waals surface area contributed by atoms with Gasteiger partial charge in [0.05, 0.1) is 34.4 Å². The number of hydrogen-bond acceptors (Lipinski definition) is 6. The molecule has 8 nitrogen and oxygen atoms in total. The van der Waals surface area contributed by atoms with Crippen LogP contribution in [0.4, 0.5) is 0 Å². The summed E-state index contributed by atoms with van der Waals surface area (Å²) >= 11 is 0. The van der Waals surface area contributed by atoms with E-state index in [1.165, 1.54) is 70.6 Å². The first kappa shape index (κ1) is 53.9. The summed E-state index contributed by atoms with van der Waals surface area (Å²) in [6, 6.07) is 0. The van der Waals surface area contributed by atoms with Crippen LogP contribution in [0.3, 0.4) is 0 Å². The van der Waals surface area contributed by atoms with E-state index in [4.69, 9.17) is 18.5 Å². The molecule has 2 atom stereocenters. The quantitative estimate of drug-likeness (QED) is 0.0217. The lowest BCUT2D eigenvalue weighted by Crippen LogP contribution is -2.37. The monoisotopic (exact) mass is 807 g/mol. The number of likely N-dealkylation sites (N-methyl/N-ethyl adjacent to an activating group) is 1. The third-order valence-corrected chi connectivity index (χ3v) is 10.0. The van der Waals surface area contributed by atoms with E-state index >= 15 is 0 Å². The first-order valence-electron chi connectivity index (χ1n) is 22.2. The molecule has 0 radical (unpaired) electrons. The molecule has 0 aromatic rings. The van der Waals surface area contributed by atoms with Gasteiger partial charge in [0.25, 0.3) is 0 Å². The molecule has 0 rings (SSSR count). The van der Waals surface area contributed by atoms with Gasteiger partial charge in [-0.15, -0.1) is 0 Å². The van der Waals surface area contributed by atoms with E-state index in [1.807, 2.05) is 21.1 Å². The number of hydrogen-bond donors (Lipinski definition) is 1. The number of rotatable bonds is 40. The fourth-order valence-electron chi connectivity index (χ4n) is 5.61. The Hall–Kier alpha value is -2.06. The number of carbonyl (C=O) groups excluding carboxylic acids is 1. The Morgan fingerprint density at radius 2 is 1.04 bits per heavy atom. The van der Waals surface area contributed by atoms with E-state index in [0.29, 0.717) is 24.1 Å². The molecule has 0 aromatic carbocycles. The van der Waals surface area contributed by atoms with Crippen LogP contribution in [0.5, 0.6) is 0 Å². The molecular formula is C47H85NO7P+. The van der Waals surface area contributed by atoms with Crippen molar-refractivity contribution in [3.63, 3.8) is 0 Å². The van der Waals surface area contributed by atoms with Crippen LogP contribution >= 0.6 is 7.82 Å². The Kier molecular flexibility index (Phi) is 38.3. The number of esters is 1. The number of unbranched alkanes of at least 4 members (excludes halogenated alkanes) is 14. The minimum atomic E-state index is -4.29. The van der Waals surface area contributed by atoms with Crippen LogP contribution in [0.25, 0.3) is 0 Å². The van der Waals surface area contributed by atoms with Crippen molar-refractivity contribution >= 4 is 13.8 Å². The summed E-state index contributed by atoms with van der Waals surface area (Å²) in [4.78, 5) is 22.9. The van der Waals surface area contributed by atoms with Gasteiger partial charge in [0, 0.05) is 13.0 Å². The number of carbonyl (C=O) groups is 1. The minimum absolute atomic E-state index is 0.0774. The molecule has 0 bridgehead atoms. The van der Waals surface area contributed by atoms with Gasteiger partial charge >= 0.3 is 13.8 Å². The summed E-state index contributed by atoms with van der Waals surface area (Å²) in [6.07, 6.45) is 50.8. The Bertz CT molecular complexity index is 1120. The number of quaternary nitrogens is 1. The third-order valence-electron chi connectivity index (χ3n) is 9.03. The molecule has 0 aliphatic carbocycles. The lowest BCUT2D eigenvalue weighted by atomic mass is 10.0. The van der Waals surface area contributed by atoms with Gasteiger partial charge in [0.2, 0.25) is 0 Å². The van der Waals surface area contributed by atoms with Crippen LogP contribution in [0.2, 0.25) is 0 Å². The van der Waals surface area contributed by atoms with Gasteiger partial charge in [-0.1, -0.05) is 164 Å². The van der Waals surface area contributed by atoms with Crippen molar-refractivity contribution in [1.29, 1.82) is 0 Å². The average molecular weight is 807 g/mol. The third kappa shape index (κ3) is 43.1. The number of allylic oxidation sites excluding steroid dienone is 12. The molecule has 9 heteroatoms. The topological polar surface area (TPSA) is 91.3 Å². The highest BCUT2D eigenvalue weighted by Crippen LogP contribution is 2.43. The second kappa shape index (κ2) is 39.8. The Balaban J connectivity index is 4.33. The van der Waals surface area contributed by atoms with E-state index in [1.54, 1.807) is 0 Å². The molecule has 56 heavy (non-hydrogen) atoms. The van der Waals surface area contributed by atoms with Crippen molar-refractivity contribution in [1.82, 2.24) is 0 Å². The van der Waals surface area contributed by atoms with Crippen LogP contribution < -0.4 is 0 Å². The Morgan fingerprint density at radius 3 is 1.52 bits per heavy atom. The zero-order chi connectivity index (χ0) is 41.3. The van der Waals surface area contributed by atoms with Crippen LogP contribution in [-0.4, -0.2) is 75.6 Å². The average Bonchev–Trinajstić information content (AvgIpc) is 3.15.